The van der Waals surface area contributed by atoms with Crippen LogP contribution >= 0.6 is 0 Å². The van der Waals surface area contributed by atoms with Crippen molar-refractivity contribution in [1.82, 2.24) is 5.32 Å². The number of ether oxygens (including phenoxy) is 2. The number of rotatable bonds is 7. The molecule has 0 radical (unpaired) electrons. The molecule has 1 heterocycles. The molecule has 0 aliphatic carbocycles. The third-order valence-corrected chi connectivity index (χ3v) is 4.68. The van der Waals surface area contributed by atoms with Gasteiger partial charge in [0.15, 0.2) is 0 Å². The number of hydrogen-bond acceptors (Lipinski definition) is 4. The van der Waals surface area contributed by atoms with Crippen LogP contribution in [0.15, 0.2) is 48.5 Å². The summed E-state index contributed by atoms with van der Waals surface area (Å²) in [5, 5.41) is 2.68. The van der Waals surface area contributed by atoms with Crippen molar-refractivity contribution in [2.75, 3.05) is 13.3 Å². The second kappa shape index (κ2) is 9.37. The Hall–Kier alpha value is -2.86. The van der Waals surface area contributed by atoms with E-state index in [1.807, 2.05) is 30.3 Å². The Labute approximate surface area is 165 Å². The Balaban J connectivity index is 1.70. The zero-order chi connectivity index (χ0) is 19.9. The highest BCUT2D eigenvalue weighted by molar-refractivity contribution is 5.83. The van der Waals surface area contributed by atoms with E-state index in [2.05, 4.69) is 23.5 Å². The van der Waals surface area contributed by atoms with Gasteiger partial charge in [0, 0.05) is 24.5 Å². The third kappa shape index (κ3) is 5.33. The minimum atomic E-state index is -0.687. The van der Waals surface area contributed by atoms with E-state index >= 15 is 0 Å². The molecule has 0 saturated carbocycles. The Kier molecular flexibility index (Phi) is 6.66. The first-order valence-electron chi connectivity index (χ1n) is 9.61. The van der Waals surface area contributed by atoms with Gasteiger partial charge in [0.25, 0.3) is 0 Å². The second-order valence-corrected chi connectivity index (χ2v) is 7.03. The fraction of sp³-hybridized carbons (Fsp3) is 0.364. The second-order valence-electron chi connectivity index (χ2n) is 7.03. The molecular weight excluding hydrogens is 356 g/mol. The molecule has 0 saturated heterocycles. The lowest BCUT2D eigenvalue weighted by molar-refractivity contribution is -0.945. The molecule has 1 aliphatic rings. The standard InChI is InChI=1S/C22H26N2O4/c1-3-27-22(26)20(23-16(2)25)12-18-9-10-21-19(11-18)14-24(15-28-21)13-17-7-5-4-6-8-17/h4-11,20H,3,12-15H2,1-2H3,(H,23,25)/p+1/t20-/m1/s1. The summed E-state index contributed by atoms with van der Waals surface area (Å²) in [6.45, 7) is 5.80. The first kappa shape index (κ1) is 19.9. The molecule has 1 aliphatic heterocycles. The van der Waals surface area contributed by atoms with Crippen molar-refractivity contribution in [3.63, 3.8) is 0 Å². The minimum absolute atomic E-state index is 0.252. The van der Waals surface area contributed by atoms with Gasteiger partial charge in [-0.05, 0) is 24.6 Å². The van der Waals surface area contributed by atoms with Gasteiger partial charge in [-0.15, -0.1) is 0 Å². The SMILES string of the molecule is CCOC(=O)[C@@H](Cc1ccc2c(c1)C[NH+](Cc1ccccc1)CO2)NC(C)=O. The number of carbonyl (C=O) groups is 2. The van der Waals surface area contributed by atoms with Crippen molar-refractivity contribution in [2.45, 2.75) is 39.4 Å². The average molecular weight is 383 g/mol. The van der Waals surface area contributed by atoms with Crippen LogP contribution in [-0.4, -0.2) is 31.3 Å². The summed E-state index contributed by atoms with van der Waals surface area (Å²) in [5.41, 5.74) is 3.35. The summed E-state index contributed by atoms with van der Waals surface area (Å²) in [6, 6.07) is 15.6. The van der Waals surface area contributed by atoms with Crippen LogP contribution in [0.25, 0.3) is 0 Å². The third-order valence-electron chi connectivity index (χ3n) is 4.68. The monoisotopic (exact) mass is 383 g/mol. The van der Waals surface area contributed by atoms with Crippen LogP contribution in [0.2, 0.25) is 0 Å². The van der Waals surface area contributed by atoms with Gasteiger partial charge in [-0.1, -0.05) is 36.4 Å². The summed E-state index contributed by atoms with van der Waals surface area (Å²) in [7, 11) is 0. The van der Waals surface area contributed by atoms with Crippen molar-refractivity contribution < 1.29 is 24.0 Å². The van der Waals surface area contributed by atoms with E-state index in [-0.39, 0.29) is 12.5 Å². The first-order chi connectivity index (χ1) is 13.5. The zero-order valence-corrected chi connectivity index (χ0v) is 16.4. The fourth-order valence-electron chi connectivity index (χ4n) is 3.45. The number of quaternary nitrogens is 1. The molecule has 6 heteroatoms. The number of benzene rings is 2. The summed E-state index contributed by atoms with van der Waals surface area (Å²) in [4.78, 5) is 24.9. The van der Waals surface area contributed by atoms with Crippen molar-refractivity contribution in [3.8, 4) is 5.75 Å². The predicted octanol–water partition coefficient (Wildman–Crippen LogP) is 1.23. The molecule has 6 nitrogen and oxygen atoms in total. The molecule has 1 amide bonds. The molecule has 0 fully saturated rings. The van der Waals surface area contributed by atoms with E-state index in [0.29, 0.717) is 13.2 Å². The van der Waals surface area contributed by atoms with Crippen LogP contribution in [0.1, 0.15) is 30.5 Å². The largest absolute Gasteiger partial charge is 0.464 e. The van der Waals surface area contributed by atoms with Crippen molar-refractivity contribution in [3.05, 3.63) is 65.2 Å². The maximum absolute atomic E-state index is 12.2. The van der Waals surface area contributed by atoms with Crippen LogP contribution in [0.3, 0.4) is 0 Å². The Morgan fingerprint density at radius 1 is 1.18 bits per heavy atom. The van der Waals surface area contributed by atoms with Crippen molar-refractivity contribution >= 4 is 11.9 Å². The molecule has 0 aromatic heterocycles. The van der Waals surface area contributed by atoms with E-state index < -0.39 is 12.0 Å². The van der Waals surface area contributed by atoms with Gasteiger partial charge in [0.2, 0.25) is 12.6 Å². The van der Waals surface area contributed by atoms with E-state index in [9.17, 15) is 9.59 Å². The van der Waals surface area contributed by atoms with E-state index in [1.165, 1.54) is 17.4 Å². The van der Waals surface area contributed by atoms with E-state index in [4.69, 9.17) is 9.47 Å². The molecule has 2 aromatic rings. The Morgan fingerprint density at radius 2 is 1.96 bits per heavy atom. The number of nitrogens with one attached hydrogen (secondary N) is 2. The molecule has 1 unspecified atom stereocenters. The number of amides is 1. The molecule has 2 atom stereocenters. The molecule has 28 heavy (non-hydrogen) atoms. The molecule has 148 valence electrons. The number of hydrogen-bond donors (Lipinski definition) is 2. The summed E-state index contributed by atoms with van der Waals surface area (Å²) >= 11 is 0. The van der Waals surface area contributed by atoms with E-state index in [0.717, 1.165) is 30.0 Å². The molecule has 0 bridgehead atoms. The highest BCUT2D eigenvalue weighted by atomic mass is 16.5. The summed E-state index contributed by atoms with van der Waals surface area (Å²) in [6.07, 6.45) is 0.389. The van der Waals surface area contributed by atoms with Gasteiger partial charge in [-0.3, -0.25) is 9.69 Å². The Bertz CT molecular complexity index is 823. The molecule has 2 aromatic carbocycles. The van der Waals surface area contributed by atoms with Gasteiger partial charge in [-0.2, -0.15) is 0 Å². The lowest BCUT2D eigenvalue weighted by Crippen LogP contribution is -3.10. The van der Waals surface area contributed by atoms with Crippen molar-refractivity contribution in [2.24, 2.45) is 0 Å². The van der Waals surface area contributed by atoms with Crippen molar-refractivity contribution in [1.29, 1.82) is 0 Å². The first-order valence-corrected chi connectivity index (χ1v) is 9.61. The van der Waals surface area contributed by atoms with Gasteiger partial charge >= 0.3 is 5.97 Å². The highest BCUT2D eigenvalue weighted by Crippen LogP contribution is 2.22. The lowest BCUT2D eigenvalue weighted by atomic mass is 10.0. The van der Waals surface area contributed by atoms with Gasteiger partial charge in [-0.25, -0.2) is 4.79 Å². The fourth-order valence-corrected chi connectivity index (χ4v) is 3.45. The van der Waals surface area contributed by atoms with Gasteiger partial charge in [0.1, 0.15) is 24.9 Å². The quantitative estimate of drug-likeness (QED) is 0.706. The van der Waals surface area contributed by atoms with Gasteiger partial charge in [0.05, 0.1) is 6.61 Å². The average Bonchev–Trinajstić information content (AvgIpc) is 2.68. The highest BCUT2D eigenvalue weighted by Gasteiger charge is 2.24. The lowest BCUT2D eigenvalue weighted by Gasteiger charge is -2.27. The molecular formula is C22H27N2O4+. The van der Waals surface area contributed by atoms with E-state index in [1.54, 1.807) is 6.92 Å². The molecule has 0 spiro atoms. The van der Waals surface area contributed by atoms with Crippen LogP contribution in [0.5, 0.6) is 5.75 Å². The maximum atomic E-state index is 12.2. The van der Waals surface area contributed by atoms with Crippen LogP contribution < -0.4 is 15.0 Å². The zero-order valence-electron chi connectivity index (χ0n) is 16.4. The minimum Gasteiger partial charge on any atom is -0.464 e. The number of esters is 1. The van der Waals surface area contributed by atoms with Crippen LogP contribution in [0.4, 0.5) is 0 Å². The number of fused-ring (bicyclic) bond motifs is 1. The Morgan fingerprint density at radius 3 is 2.68 bits per heavy atom. The number of carbonyl (C=O) groups excluding carboxylic acids is 2. The summed E-state index contributed by atoms with van der Waals surface area (Å²) in [5.74, 6) is 0.216. The molecule has 2 N–H and O–H groups in total. The predicted molar refractivity (Wildman–Crippen MR) is 105 cm³/mol. The smallest absolute Gasteiger partial charge is 0.328 e. The topological polar surface area (TPSA) is 69.1 Å². The van der Waals surface area contributed by atoms with Crippen LogP contribution in [-0.2, 0) is 33.8 Å². The van der Waals surface area contributed by atoms with Crippen LogP contribution in [0, 0.1) is 0 Å². The normalized spacial score (nSPS) is 16.4. The van der Waals surface area contributed by atoms with Gasteiger partial charge < -0.3 is 14.8 Å². The molecule has 3 rings (SSSR count). The maximum Gasteiger partial charge on any atom is 0.328 e. The summed E-state index contributed by atoms with van der Waals surface area (Å²) < 4.78 is 11.0.